The Labute approximate surface area is 122 Å². The highest BCUT2D eigenvalue weighted by Gasteiger charge is 2.16. The Kier molecular flexibility index (Phi) is 4.48. The molecule has 0 bridgehead atoms. The molecule has 0 heterocycles. The average Bonchev–Trinajstić information content (AvgIpc) is 2.44. The molecule has 20 heavy (non-hydrogen) atoms. The first kappa shape index (κ1) is 14.2. The Hall–Kier alpha value is -2.20. The Balaban J connectivity index is 2.04. The second-order valence-corrected chi connectivity index (χ2v) is 5.82. The number of hydrogen-bond donors (Lipinski definition) is 1. The van der Waals surface area contributed by atoms with Crippen LogP contribution in [0, 0.1) is 11.8 Å². The highest BCUT2D eigenvalue weighted by molar-refractivity contribution is 5.55. The predicted octanol–water partition coefficient (Wildman–Crippen LogP) is 4.45. The second-order valence-electron chi connectivity index (χ2n) is 5.82. The lowest BCUT2D eigenvalue weighted by molar-refractivity contribution is 0.592. The number of para-hydroxylation sites is 1. The summed E-state index contributed by atoms with van der Waals surface area (Å²) in [5.74, 6) is 6.33. The van der Waals surface area contributed by atoms with Gasteiger partial charge in [0.05, 0.1) is 6.54 Å². The van der Waals surface area contributed by atoms with Crippen molar-refractivity contribution in [2.75, 3.05) is 11.9 Å². The molecule has 2 rings (SSSR count). The maximum atomic E-state index is 3.42. The molecule has 0 aliphatic heterocycles. The quantitative estimate of drug-likeness (QED) is 0.789. The van der Waals surface area contributed by atoms with Crippen molar-refractivity contribution in [3.8, 4) is 11.8 Å². The summed E-state index contributed by atoms with van der Waals surface area (Å²) in [6, 6.07) is 18.5. The van der Waals surface area contributed by atoms with Gasteiger partial charge in [0.1, 0.15) is 0 Å². The lowest BCUT2D eigenvalue weighted by atomic mass is 9.86. The standard InChI is InChI=1S/C19H21N/c1-19(2,3)17-13-7-8-14-18(17)20-15-9-12-16-10-5-4-6-11-16/h4-8,10-11,13-14,20H,15H2,1-3H3. The van der Waals surface area contributed by atoms with Gasteiger partial charge in [-0.2, -0.15) is 0 Å². The highest BCUT2D eigenvalue weighted by Crippen LogP contribution is 2.28. The largest absolute Gasteiger partial charge is 0.374 e. The fourth-order valence-corrected chi connectivity index (χ4v) is 2.10. The Morgan fingerprint density at radius 3 is 2.25 bits per heavy atom. The topological polar surface area (TPSA) is 12.0 Å². The number of rotatable bonds is 2. The van der Waals surface area contributed by atoms with Crippen LogP contribution in [0.1, 0.15) is 31.9 Å². The number of benzene rings is 2. The number of hydrogen-bond acceptors (Lipinski definition) is 1. The third-order valence-electron chi connectivity index (χ3n) is 3.11. The summed E-state index contributed by atoms with van der Waals surface area (Å²) in [5.41, 5.74) is 3.68. The van der Waals surface area contributed by atoms with E-state index in [-0.39, 0.29) is 5.41 Å². The molecule has 0 aliphatic rings. The molecule has 0 amide bonds. The van der Waals surface area contributed by atoms with Crippen LogP contribution in [0.15, 0.2) is 54.6 Å². The van der Waals surface area contributed by atoms with E-state index in [1.54, 1.807) is 0 Å². The molecule has 0 radical (unpaired) electrons. The first-order valence-electron chi connectivity index (χ1n) is 6.95. The van der Waals surface area contributed by atoms with Gasteiger partial charge in [-0.3, -0.25) is 0 Å². The number of anilines is 1. The monoisotopic (exact) mass is 263 g/mol. The van der Waals surface area contributed by atoms with Crippen LogP contribution in [0.2, 0.25) is 0 Å². The van der Waals surface area contributed by atoms with E-state index < -0.39 is 0 Å². The second kappa shape index (κ2) is 6.30. The van der Waals surface area contributed by atoms with Crippen molar-refractivity contribution in [1.82, 2.24) is 0 Å². The molecule has 0 aliphatic carbocycles. The zero-order valence-electron chi connectivity index (χ0n) is 12.4. The fourth-order valence-electron chi connectivity index (χ4n) is 2.10. The minimum absolute atomic E-state index is 0.135. The zero-order chi connectivity index (χ0) is 14.4. The van der Waals surface area contributed by atoms with E-state index in [0.29, 0.717) is 6.54 Å². The Morgan fingerprint density at radius 1 is 0.900 bits per heavy atom. The van der Waals surface area contributed by atoms with Gasteiger partial charge in [-0.25, -0.2) is 0 Å². The van der Waals surface area contributed by atoms with Crippen molar-refractivity contribution in [2.45, 2.75) is 26.2 Å². The van der Waals surface area contributed by atoms with Gasteiger partial charge >= 0.3 is 0 Å². The van der Waals surface area contributed by atoms with Crippen LogP contribution in [-0.4, -0.2) is 6.54 Å². The maximum Gasteiger partial charge on any atom is 0.0769 e. The molecular weight excluding hydrogens is 242 g/mol. The molecule has 2 aromatic rings. The van der Waals surface area contributed by atoms with E-state index >= 15 is 0 Å². The molecule has 1 nitrogen and oxygen atoms in total. The SMILES string of the molecule is CC(C)(C)c1ccccc1NCC#Cc1ccccc1. The molecule has 0 unspecified atom stereocenters. The molecule has 0 saturated heterocycles. The predicted molar refractivity (Wildman–Crippen MR) is 87.0 cm³/mol. The van der Waals surface area contributed by atoms with Gasteiger partial charge in [0.2, 0.25) is 0 Å². The number of nitrogens with one attached hydrogen (secondary N) is 1. The van der Waals surface area contributed by atoms with Crippen LogP contribution in [0.4, 0.5) is 5.69 Å². The summed E-state index contributed by atoms with van der Waals surface area (Å²) < 4.78 is 0. The summed E-state index contributed by atoms with van der Waals surface area (Å²) in [5, 5.41) is 3.42. The van der Waals surface area contributed by atoms with E-state index in [1.807, 2.05) is 30.3 Å². The van der Waals surface area contributed by atoms with Crippen LogP contribution < -0.4 is 5.32 Å². The third-order valence-corrected chi connectivity index (χ3v) is 3.11. The average molecular weight is 263 g/mol. The molecule has 1 heteroatoms. The van der Waals surface area contributed by atoms with Crippen molar-refractivity contribution in [3.05, 3.63) is 65.7 Å². The van der Waals surface area contributed by atoms with Crippen LogP contribution >= 0.6 is 0 Å². The van der Waals surface area contributed by atoms with Gasteiger partial charge in [-0.05, 0) is 29.2 Å². The van der Waals surface area contributed by atoms with Crippen molar-refractivity contribution in [1.29, 1.82) is 0 Å². The molecule has 2 aromatic carbocycles. The van der Waals surface area contributed by atoms with Crippen LogP contribution in [-0.2, 0) is 5.41 Å². The lowest BCUT2D eigenvalue weighted by Crippen LogP contribution is -2.14. The van der Waals surface area contributed by atoms with E-state index in [0.717, 1.165) is 5.56 Å². The first-order chi connectivity index (χ1) is 9.57. The smallest absolute Gasteiger partial charge is 0.0769 e. The van der Waals surface area contributed by atoms with E-state index in [9.17, 15) is 0 Å². The van der Waals surface area contributed by atoms with Gasteiger partial charge in [0.25, 0.3) is 0 Å². The molecule has 0 spiro atoms. The molecule has 0 atom stereocenters. The van der Waals surface area contributed by atoms with Gasteiger partial charge < -0.3 is 5.32 Å². The molecule has 1 N–H and O–H groups in total. The normalized spacial score (nSPS) is 10.6. The van der Waals surface area contributed by atoms with Crippen molar-refractivity contribution in [3.63, 3.8) is 0 Å². The van der Waals surface area contributed by atoms with E-state index in [4.69, 9.17) is 0 Å². The molecule has 0 saturated carbocycles. The lowest BCUT2D eigenvalue weighted by Gasteiger charge is -2.22. The van der Waals surface area contributed by atoms with E-state index in [1.165, 1.54) is 11.3 Å². The van der Waals surface area contributed by atoms with Gasteiger partial charge in [-0.15, -0.1) is 0 Å². The van der Waals surface area contributed by atoms with Gasteiger partial charge in [0.15, 0.2) is 0 Å². The van der Waals surface area contributed by atoms with Gasteiger partial charge in [0, 0.05) is 11.3 Å². The molecule has 0 aromatic heterocycles. The van der Waals surface area contributed by atoms with E-state index in [2.05, 4.69) is 62.2 Å². The summed E-state index contributed by atoms with van der Waals surface area (Å²) >= 11 is 0. The van der Waals surface area contributed by atoms with Crippen LogP contribution in [0.5, 0.6) is 0 Å². The van der Waals surface area contributed by atoms with Crippen molar-refractivity contribution in [2.24, 2.45) is 0 Å². The summed E-state index contributed by atoms with van der Waals surface area (Å²) in [6.45, 7) is 7.33. The summed E-state index contributed by atoms with van der Waals surface area (Å²) in [7, 11) is 0. The third kappa shape index (κ3) is 3.90. The minimum Gasteiger partial charge on any atom is -0.374 e. The fraction of sp³-hybridized carbons (Fsp3) is 0.263. The summed E-state index contributed by atoms with van der Waals surface area (Å²) in [4.78, 5) is 0. The highest BCUT2D eigenvalue weighted by atomic mass is 14.9. The molecule has 102 valence electrons. The molecular formula is C19H21N. The Morgan fingerprint density at radius 2 is 1.55 bits per heavy atom. The zero-order valence-corrected chi connectivity index (χ0v) is 12.4. The Bertz CT molecular complexity index is 609. The van der Waals surface area contributed by atoms with Crippen molar-refractivity contribution < 1.29 is 0 Å². The van der Waals surface area contributed by atoms with Gasteiger partial charge in [-0.1, -0.05) is 69.0 Å². The van der Waals surface area contributed by atoms with Crippen LogP contribution in [0.25, 0.3) is 0 Å². The van der Waals surface area contributed by atoms with Crippen molar-refractivity contribution >= 4 is 5.69 Å². The minimum atomic E-state index is 0.135. The summed E-state index contributed by atoms with van der Waals surface area (Å²) in [6.07, 6.45) is 0. The maximum absolute atomic E-state index is 3.42. The molecule has 0 fully saturated rings. The van der Waals surface area contributed by atoms with Crippen LogP contribution in [0.3, 0.4) is 0 Å². The first-order valence-corrected chi connectivity index (χ1v) is 6.95.